The summed E-state index contributed by atoms with van der Waals surface area (Å²) in [6, 6.07) is 5.81. The molecule has 3 nitrogen and oxygen atoms in total. The molecule has 1 aromatic carbocycles. The number of carbonyl (C=O) groups is 1. The van der Waals surface area contributed by atoms with Gasteiger partial charge in [-0.3, -0.25) is 0 Å². The molecule has 0 amide bonds. The second kappa shape index (κ2) is 7.16. The van der Waals surface area contributed by atoms with Crippen molar-refractivity contribution in [3.8, 4) is 5.75 Å². The first kappa shape index (κ1) is 14.0. The molecule has 0 aliphatic carbocycles. The van der Waals surface area contributed by atoms with Crippen LogP contribution in [0.5, 0.6) is 5.75 Å². The van der Waals surface area contributed by atoms with Crippen molar-refractivity contribution in [2.24, 2.45) is 0 Å². The summed E-state index contributed by atoms with van der Waals surface area (Å²) < 4.78 is 0. The fourth-order valence-electron chi connectivity index (χ4n) is 0.654. The Bertz CT molecular complexity index is 256. The minimum Gasteiger partial charge on any atom is -0.507 e. The molecule has 0 fully saturated rings. The van der Waals surface area contributed by atoms with Crippen molar-refractivity contribution >= 4 is 5.97 Å². The molecule has 0 unspecified atom stereocenters. The Balaban J connectivity index is 0. The first-order valence-electron chi connectivity index (χ1n) is 3.73. The molecular formula is C10H16O3. The smallest absolute Gasteiger partial charge is 0.339 e. The van der Waals surface area contributed by atoms with Crippen LogP contribution in [0.1, 0.15) is 31.6 Å². The van der Waals surface area contributed by atoms with Gasteiger partial charge in [-0.15, -0.1) is 0 Å². The second-order valence-corrected chi connectivity index (χ2v) is 1.82. The van der Waals surface area contributed by atoms with Gasteiger partial charge in [0.2, 0.25) is 0 Å². The van der Waals surface area contributed by atoms with Gasteiger partial charge in [-0.25, -0.2) is 4.79 Å². The van der Waals surface area contributed by atoms with Gasteiger partial charge in [0, 0.05) is 0 Å². The van der Waals surface area contributed by atoms with Crippen molar-refractivity contribution in [1.82, 2.24) is 0 Å². The first-order chi connectivity index (χ1) is 5.72. The monoisotopic (exact) mass is 184 g/mol. The Morgan fingerprint density at radius 2 is 1.69 bits per heavy atom. The highest BCUT2D eigenvalue weighted by molar-refractivity contribution is 5.90. The number of carboxylic acid groups (broad SMARTS) is 1. The summed E-state index contributed by atoms with van der Waals surface area (Å²) in [5.41, 5.74) is -0.0671. The topological polar surface area (TPSA) is 57.5 Å². The molecular weight excluding hydrogens is 168 g/mol. The third-order valence-electron chi connectivity index (χ3n) is 1.13. The lowest BCUT2D eigenvalue weighted by molar-refractivity contribution is 0.0694. The number of para-hydroxylation sites is 1. The lowest BCUT2D eigenvalue weighted by atomic mass is 10.2. The Hall–Kier alpha value is -1.51. The van der Waals surface area contributed by atoms with Gasteiger partial charge in [-0.05, 0) is 12.1 Å². The van der Waals surface area contributed by atoms with Crippen LogP contribution in [0.4, 0.5) is 0 Å². The van der Waals surface area contributed by atoms with Crippen molar-refractivity contribution in [1.29, 1.82) is 0 Å². The molecule has 0 atom stereocenters. The van der Waals surface area contributed by atoms with Crippen LogP contribution in [0, 0.1) is 0 Å². The van der Waals surface area contributed by atoms with E-state index in [0.29, 0.717) is 0 Å². The maximum absolute atomic E-state index is 10.3. The Morgan fingerprint density at radius 3 is 2.00 bits per heavy atom. The van der Waals surface area contributed by atoms with Crippen LogP contribution >= 0.6 is 0 Å². The Morgan fingerprint density at radius 1 is 1.23 bits per heavy atom. The summed E-state index contributed by atoms with van der Waals surface area (Å²) in [5.74, 6) is -1.31. The molecule has 2 N–H and O–H groups in total. The number of phenols is 1. The zero-order chi connectivity index (χ0) is 9.56. The number of rotatable bonds is 1. The summed E-state index contributed by atoms with van der Waals surface area (Å²) in [7, 11) is 0. The number of hydrogen-bond donors (Lipinski definition) is 2. The van der Waals surface area contributed by atoms with E-state index >= 15 is 0 Å². The van der Waals surface area contributed by atoms with E-state index in [4.69, 9.17) is 10.2 Å². The Kier molecular flexibility index (Phi) is 7.73. The van der Waals surface area contributed by atoms with E-state index in [1.807, 2.05) is 13.8 Å². The molecule has 0 bridgehead atoms. The molecule has 0 aliphatic heterocycles. The predicted molar refractivity (Wildman–Crippen MR) is 53.1 cm³/mol. The standard InChI is InChI=1S/C7H6O3.C2H6.CH4/c8-6-4-2-1-3-5(6)7(9)10;1-2;/h1-4,8H,(H,9,10);1-2H3;1H4. The number of carboxylic acids is 1. The zero-order valence-corrected chi connectivity index (χ0v) is 7.11. The summed E-state index contributed by atoms with van der Waals surface area (Å²) in [6.07, 6.45) is 0. The lowest BCUT2D eigenvalue weighted by Gasteiger charge is -1.95. The van der Waals surface area contributed by atoms with E-state index in [-0.39, 0.29) is 18.7 Å². The van der Waals surface area contributed by atoms with Crippen molar-refractivity contribution in [3.05, 3.63) is 29.8 Å². The van der Waals surface area contributed by atoms with E-state index in [1.165, 1.54) is 12.1 Å². The normalized spacial score (nSPS) is 7.54. The van der Waals surface area contributed by atoms with Crippen LogP contribution < -0.4 is 0 Å². The summed E-state index contributed by atoms with van der Waals surface area (Å²) in [6.45, 7) is 4.00. The number of aromatic carboxylic acids is 1. The first-order valence-corrected chi connectivity index (χ1v) is 3.73. The van der Waals surface area contributed by atoms with E-state index in [2.05, 4.69) is 0 Å². The molecule has 0 saturated heterocycles. The number of aromatic hydroxyl groups is 1. The highest BCUT2D eigenvalue weighted by Crippen LogP contribution is 2.14. The summed E-state index contributed by atoms with van der Waals surface area (Å²) >= 11 is 0. The minimum atomic E-state index is -1.11. The molecule has 74 valence electrons. The SMILES string of the molecule is C.CC.O=C(O)c1ccccc1O. The van der Waals surface area contributed by atoms with Gasteiger partial charge in [-0.2, -0.15) is 0 Å². The van der Waals surface area contributed by atoms with Gasteiger partial charge >= 0.3 is 5.97 Å². The third kappa shape index (κ3) is 4.15. The van der Waals surface area contributed by atoms with Crippen molar-refractivity contribution in [3.63, 3.8) is 0 Å². The van der Waals surface area contributed by atoms with Crippen LogP contribution in [-0.2, 0) is 0 Å². The number of hydrogen-bond acceptors (Lipinski definition) is 2. The van der Waals surface area contributed by atoms with Gasteiger partial charge in [0.1, 0.15) is 11.3 Å². The third-order valence-corrected chi connectivity index (χ3v) is 1.13. The van der Waals surface area contributed by atoms with Crippen LogP contribution in [0.3, 0.4) is 0 Å². The second-order valence-electron chi connectivity index (χ2n) is 1.82. The van der Waals surface area contributed by atoms with Gasteiger partial charge < -0.3 is 10.2 Å². The maximum atomic E-state index is 10.3. The van der Waals surface area contributed by atoms with E-state index in [9.17, 15) is 4.79 Å². The van der Waals surface area contributed by atoms with Gasteiger partial charge in [-0.1, -0.05) is 33.4 Å². The van der Waals surface area contributed by atoms with Gasteiger partial charge in [0.05, 0.1) is 0 Å². The van der Waals surface area contributed by atoms with Crippen LogP contribution in [0.15, 0.2) is 24.3 Å². The zero-order valence-electron chi connectivity index (χ0n) is 7.11. The van der Waals surface area contributed by atoms with Crippen LogP contribution in [-0.4, -0.2) is 16.2 Å². The molecule has 1 aromatic rings. The summed E-state index contributed by atoms with van der Waals surface area (Å²) in [4.78, 5) is 10.3. The van der Waals surface area contributed by atoms with E-state index < -0.39 is 5.97 Å². The Labute approximate surface area is 78.7 Å². The van der Waals surface area contributed by atoms with Gasteiger partial charge in [0.25, 0.3) is 0 Å². The molecule has 13 heavy (non-hydrogen) atoms. The number of benzene rings is 1. The van der Waals surface area contributed by atoms with Crippen molar-refractivity contribution in [2.45, 2.75) is 21.3 Å². The molecule has 0 spiro atoms. The molecule has 0 aromatic heterocycles. The quantitative estimate of drug-likeness (QED) is 0.705. The molecule has 0 heterocycles. The van der Waals surface area contributed by atoms with Gasteiger partial charge in [0.15, 0.2) is 0 Å². The highest BCUT2D eigenvalue weighted by Gasteiger charge is 2.05. The highest BCUT2D eigenvalue weighted by atomic mass is 16.4. The average molecular weight is 184 g/mol. The summed E-state index contributed by atoms with van der Waals surface area (Å²) in [5, 5.41) is 17.3. The minimum absolute atomic E-state index is 0. The molecule has 1 rings (SSSR count). The molecule has 0 aliphatic rings. The fourth-order valence-corrected chi connectivity index (χ4v) is 0.654. The molecule has 0 radical (unpaired) electrons. The fraction of sp³-hybridized carbons (Fsp3) is 0.300. The lowest BCUT2D eigenvalue weighted by Crippen LogP contribution is -1.95. The molecule has 0 saturated carbocycles. The van der Waals surface area contributed by atoms with Crippen molar-refractivity contribution < 1.29 is 15.0 Å². The van der Waals surface area contributed by atoms with E-state index in [0.717, 1.165) is 0 Å². The average Bonchev–Trinajstić information content (AvgIpc) is 2.08. The van der Waals surface area contributed by atoms with E-state index in [1.54, 1.807) is 12.1 Å². The predicted octanol–water partition coefficient (Wildman–Crippen LogP) is 2.75. The molecule has 3 heteroatoms. The maximum Gasteiger partial charge on any atom is 0.339 e. The largest absolute Gasteiger partial charge is 0.507 e. The van der Waals surface area contributed by atoms with Crippen LogP contribution in [0.25, 0.3) is 0 Å². The van der Waals surface area contributed by atoms with Crippen LogP contribution in [0.2, 0.25) is 0 Å². The van der Waals surface area contributed by atoms with Crippen molar-refractivity contribution in [2.75, 3.05) is 0 Å².